The van der Waals surface area contributed by atoms with Crippen LogP contribution in [0.1, 0.15) is 34.6 Å². The summed E-state index contributed by atoms with van der Waals surface area (Å²) in [6, 6.07) is 0. The molecule has 1 fully saturated rings. The number of amides is 2. The Kier molecular flexibility index (Phi) is 3.07. The Labute approximate surface area is 101 Å². The number of hydrogen-bond donors (Lipinski definition) is 0. The van der Waals surface area contributed by atoms with E-state index < -0.39 is 28.7 Å². The summed E-state index contributed by atoms with van der Waals surface area (Å²) >= 11 is 0. The van der Waals surface area contributed by atoms with Gasteiger partial charge in [-0.25, -0.2) is 0 Å². The number of carbonyl (C=O) groups excluding carboxylic acids is 3. The number of carbonyl (C=O) groups is 3. The molecule has 1 aliphatic rings. The molecular formula is C12H19NO4. The summed E-state index contributed by atoms with van der Waals surface area (Å²) in [5.41, 5.74) is -1.67. The van der Waals surface area contributed by atoms with E-state index in [1.165, 1.54) is 7.11 Å². The highest BCUT2D eigenvalue weighted by atomic mass is 16.5. The molecule has 2 amide bonds. The highest BCUT2D eigenvalue weighted by Gasteiger charge is 2.59. The molecule has 0 saturated carbocycles. The van der Waals surface area contributed by atoms with Crippen molar-refractivity contribution >= 4 is 17.8 Å². The number of imide groups is 1. The Morgan fingerprint density at radius 3 is 2.06 bits per heavy atom. The molecule has 17 heavy (non-hydrogen) atoms. The van der Waals surface area contributed by atoms with Crippen molar-refractivity contribution in [3.8, 4) is 0 Å². The quantitative estimate of drug-likeness (QED) is 0.390. The molecule has 0 N–H and O–H groups in total. The van der Waals surface area contributed by atoms with Crippen LogP contribution in [0.25, 0.3) is 0 Å². The van der Waals surface area contributed by atoms with Crippen LogP contribution in [0.5, 0.6) is 0 Å². The molecule has 0 radical (unpaired) electrons. The lowest BCUT2D eigenvalue weighted by Crippen LogP contribution is -2.46. The van der Waals surface area contributed by atoms with Crippen LogP contribution in [0.15, 0.2) is 0 Å². The number of hydrogen-bond acceptors (Lipinski definition) is 4. The van der Waals surface area contributed by atoms with Gasteiger partial charge in [-0.3, -0.25) is 19.3 Å². The van der Waals surface area contributed by atoms with Gasteiger partial charge in [0.25, 0.3) is 0 Å². The van der Waals surface area contributed by atoms with E-state index in [1.54, 1.807) is 34.6 Å². The van der Waals surface area contributed by atoms with E-state index in [9.17, 15) is 14.4 Å². The van der Waals surface area contributed by atoms with Crippen molar-refractivity contribution in [1.29, 1.82) is 0 Å². The van der Waals surface area contributed by atoms with Crippen LogP contribution in [0.3, 0.4) is 0 Å². The first-order valence-electron chi connectivity index (χ1n) is 5.51. The van der Waals surface area contributed by atoms with Crippen LogP contribution in [0, 0.1) is 11.3 Å². The van der Waals surface area contributed by atoms with Crippen molar-refractivity contribution in [2.75, 3.05) is 7.11 Å². The number of likely N-dealkylation sites (tertiary alicyclic amines) is 1. The third-order valence-corrected chi connectivity index (χ3v) is 3.05. The molecule has 1 saturated heterocycles. The molecule has 0 bridgehead atoms. The van der Waals surface area contributed by atoms with Gasteiger partial charge in [0, 0.05) is 5.54 Å². The Bertz CT molecular complexity index is 378. The summed E-state index contributed by atoms with van der Waals surface area (Å²) in [7, 11) is 1.22. The highest BCUT2D eigenvalue weighted by Crippen LogP contribution is 2.41. The first-order chi connectivity index (χ1) is 7.55. The van der Waals surface area contributed by atoms with E-state index in [2.05, 4.69) is 4.74 Å². The van der Waals surface area contributed by atoms with Crippen LogP contribution in [0.2, 0.25) is 0 Å². The van der Waals surface area contributed by atoms with Crippen LogP contribution in [0.4, 0.5) is 0 Å². The number of ether oxygens (including phenoxy) is 1. The topological polar surface area (TPSA) is 63.7 Å². The minimum atomic E-state index is -1.04. The second kappa shape index (κ2) is 3.82. The maximum absolute atomic E-state index is 12.2. The Hall–Kier alpha value is -1.39. The van der Waals surface area contributed by atoms with Gasteiger partial charge in [0.1, 0.15) is 5.92 Å². The molecule has 1 aliphatic heterocycles. The molecule has 1 heterocycles. The van der Waals surface area contributed by atoms with Gasteiger partial charge in [-0.1, -0.05) is 0 Å². The SMILES string of the molecule is COC(=O)C1C(=O)N(C(C)(C)C)C(=O)C1(C)C. The van der Waals surface area contributed by atoms with E-state index in [1.807, 2.05) is 0 Å². The summed E-state index contributed by atoms with van der Waals surface area (Å²) in [5, 5.41) is 0. The molecular weight excluding hydrogens is 222 g/mol. The van der Waals surface area contributed by atoms with Crippen LogP contribution < -0.4 is 0 Å². The van der Waals surface area contributed by atoms with Crippen molar-refractivity contribution in [3.05, 3.63) is 0 Å². The fourth-order valence-corrected chi connectivity index (χ4v) is 2.10. The predicted octanol–water partition coefficient (Wildman–Crippen LogP) is 0.969. The molecule has 5 nitrogen and oxygen atoms in total. The number of rotatable bonds is 1. The van der Waals surface area contributed by atoms with E-state index in [0.29, 0.717) is 0 Å². The number of methoxy groups -OCH3 is 1. The molecule has 1 unspecified atom stereocenters. The fraction of sp³-hybridized carbons (Fsp3) is 0.750. The Morgan fingerprint density at radius 1 is 1.29 bits per heavy atom. The molecule has 1 atom stereocenters. The minimum absolute atomic E-state index is 0.328. The third kappa shape index (κ3) is 1.94. The second-order valence-electron chi connectivity index (χ2n) is 5.83. The monoisotopic (exact) mass is 241 g/mol. The molecule has 0 aromatic rings. The number of esters is 1. The van der Waals surface area contributed by atoms with Crippen molar-refractivity contribution in [2.45, 2.75) is 40.2 Å². The second-order valence-corrected chi connectivity index (χ2v) is 5.83. The zero-order valence-corrected chi connectivity index (χ0v) is 11.2. The average Bonchev–Trinajstić information content (AvgIpc) is 2.32. The first kappa shape index (κ1) is 13.7. The maximum Gasteiger partial charge on any atom is 0.319 e. The van der Waals surface area contributed by atoms with Crippen LogP contribution in [-0.4, -0.2) is 35.3 Å². The molecule has 0 aromatic carbocycles. The normalized spacial score (nSPS) is 24.1. The summed E-state index contributed by atoms with van der Waals surface area (Å²) in [6.45, 7) is 8.48. The van der Waals surface area contributed by atoms with E-state index in [4.69, 9.17) is 0 Å². The van der Waals surface area contributed by atoms with E-state index in [0.717, 1.165) is 4.90 Å². The number of nitrogens with zero attached hydrogens (tertiary/aromatic N) is 1. The van der Waals surface area contributed by atoms with Gasteiger partial charge in [0.05, 0.1) is 12.5 Å². The lowest BCUT2D eigenvalue weighted by atomic mass is 9.81. The molecule has 96 valence electrons. The Balaban J connectivity index is 3.26. The Morgan fingerprint density at radius 2 is 1.76 bits per heavy atom. The predicted molar refractivity (Wildman–Crippen MR) is 60.9 cm³/mol. The zero-order chi connectivity index (χ0) is 13.6. The summed E-state index contributed by atoms with van der Waals surface area (Å²) in [4.78, 5) is 37.2. The average molecular weight is 241 g/mol. The van der Waals surface area contributed by atoms with Crippen molar-refractivity contribution < 1.29 is 19.1 Å². The van der Waals surface area contributed by atoms with Gasteiger partial charge in [-0.2, -0.15) is 0 Å². The lowest BCUT2D eigenvalue weighted by Gasteiger charge is -2.30. The zero-order valence-electron chi connectivity index (χ0n) is 11.2. The van der Waals surface area contributed by atoms with E-state index in [-0.39, 0.29) is 5.91 Å². The maximum atomic E-state index is 12.2. The molecule has 5 heteroatoms. The summed E-state index contributed by atoms with van der Waals surface area (Å²) < 4.78 is 4.61. The van der Waals surface area contributed by atoms with Gasteiger partial charge in [0.2, 0.25) is 11.8 Å². The van der Waals surface area contributed by atoms with Crippen LogP contribution >= 0.6 is 0 Å². The third-order valence-electron chi connectivity index (χ3n) is 3.05. The van der Waals surface area contributed by atoms with Crippen LogP contribution in [-0.2, 0) is 19.1 Å². The van der Waals surface area contributed by atoms with E-state index >= 15 is 0 Å². The summed E-state index contributed by atoms with van der Waals surface area (Å²) in [6.07, 6.45) is 0. The summed E-state index contributed by atoms with van der Waals surface area (Å²) in [5.74, 6) is -2.50. The van der Waals surface area contributed by atoms with Gasteiger partial charge < -0.3 is 4.74 Å². The van der Waals surface area contributed by atoms with Crippen molar-refractivity contribution in [1.82, 2.24) is 4.90 Å². The van der Waals surface area contributed by atoms with Gasteiger partial charge >= 0.3 is 5.97 Å². The van der Waals surface area contributed by atoms with Gasteiger partial charge in [0.15, 0.2) is 0 Å². The largest absolute Gasteiger partial charge is 0.468 e. The standard InChI is InChI=1S/C12H19NO4/c1-11(2,3)13-8(14)7(9(15)17-6)12(4,5)10(13)16/h7H,1-6H3. The molecule has 0 aliphatic carbocycles. The minimum Gasteiger partial charge on any atom is -0.468 e. The highest BCUT2D eigenvalue weighted by molar-refractivity contribution is 6.15. The molecule has 1 rings (SSSR count). The van der Waals surface area contributed by atoms with Crippen molar-refractivity contribution in [2.24, 2.45) is 11.3 Å². The molecule has 0 aromatic heterocycles. The first-order valence-corrected chi connectivity index (χ1v) is 5.51. The van der Waals surface area contributed by atoms with Gasteiger partial charge in [-0.05, 0) is 34.6 Å². The fourth-order valence-electron chi connectivity index (χ4n) is 2.10. The smallest absolute Gasteiger partial charge is 0.319 e. The van der Waals surface area contributed by atoms with Gasteiger partial charge in [-0.15, -0.1) is 0 Å². The molecule has 0 spiro atoms. The van der Waals surface area contributed by atoms with Crippen molar-refractivity contribution in [3.63, 3.8) is 0 Å². The lowest BCUT2D eigenvalue weighted by molar-refractivity contribution is -0.153.